The van der Waals surface area contributed by atoms with Crippen LogP contribution >= 0.6 is 0 Å². The second-order valence-electron chi connectivity index (χ2n) is 6.53. The lowest BCUT2D eigenvalue weighted by atomic mass is 9.93. The van der Waals surface area contributed by atoms with Gasteiger partial charge in [-0.1, -0.05) is 42.0 Å². The molecule has 0 saturated heterocycles. The van der Waals surface area contributed by atoms with Crippen LogP contribution in [0.5, 0.6) is 0 Å². The predicted molar refractivity (Wildman–Crippen MR) is 84.1 cm³/mol. The van der Waals surface area contributed by atoms with E-state index in [1.807, 2.05) is 0 Å². The first kappa shape index (κ1) is 14.1. The van der Waals surface area contributed by atoms with Crippen LogP contribution in [-0.2, 0) is 0 Å². The zero-order valence-corrected chi connectivity index (χ0v) is 12.7. The topological polar surface area (TPSA) is 12.0 Å². The highest BCUT2D eigenvalue weighted by molar-refractivity contribution is 5.74. The molecule has 0 bridgehead atoms. The van der Waals surface area contributed by atoms with Gasteiger partial charge in [0.2, 0.25) is 0 Å². The summed E-state index contributed by atoms with van der Waals surface area (Å²) in [5, 5.41) is 3.67. The highest BCUT2D eigenvalue weighted by atomic mass is 15.0. The normalized spacial score (nSPS) is 17.1. The van der Waals surface area contributed by atoms with Gasteiger partial charge in [-0.05, 0) is 57.7 Å². The molecule has 102 valence electrons. The largest absolute Gasteiger partial charge is 0.306 e. The van der Waals surface area contributed by atoms with Crippen LogP contribution in [0.25, 0.3) is 5.57 Å². The average Bonchev–Trinajstić information content (AvgIpc) is 2.73. The van der Waals surface area contributed by atoms with Gasteiger partial charge in [0.25, 0.3) is 0 Å². The smallest absolute Gasteiger partial charge is 0.0302 e. The Bertz CT molecular complexity index is 515. The van der Waals surface area contributed by atoms with Crippen LogP contribution in [0.3, 0.4) is 0 Å². The molecule has 0 saturated carbocycles. The van der Waals surface area contributed by atoms with Crippen LogP contribution in [0.15, 0.2) is 42.0 Å². The molecule has 2 rings (SSSR count). The number of rotatable bonds is 3. The van der Waals surface area contributed by atoms with Crippen molar-refractivity contribution in [3.8, 4) is 0 Å². The van der Waals surface area contributed by atoms with Crippen molar-refractivity contribution in [1.82, 2.24) is 5.32 Å². The second-order valence-corrected chi connectivity index (χ2v) is 6.53. The van der Waals surface area contributed by atoms with E-state index in [1.165, 1.54) is 22.3 Å². The van der Waals surface area contributed by atoms with Crippen LogP contribution in [0.1, 0.15) is 58.2 Å². The van der Waals surface area contributed by atoms with Gasteiger partial charge in [0.15, 0.2) is 0 Å². The fourth-order valence-electron chi connectivity index (χ4n) is 2.75. The molecule has 1 atom stereocenters. The van der Waals surface area contributed by atoms with Gasteiger partial charge in [-0.3, -0.25) is 0 Å². The van der Waals surface area contributed by atoms with Crippen molar-refractivity contribution in [1.29, 1.82) is 0 Å². The maximum Gasteiger partial charge on any atom is 0.0302 e. The molecule has 0 fully saturated rings. The highest BCUT2D eigenvalue weighted by Crippen LogP contribution is 2.32. The molecule has 1 aromatic carbocycles. The molecular formula is C18H25N. The summed E-state index contributed by atoms with van der Waals surface area (Å²) in [4.78, 5) is 0. The van der Waals surface area contributed by atoms with Crippen molar-refractivity contribution in [3.05, 3.63) is 53.1 Å². The van der Waals surface area contributed by atoms with E-state index in [-0.39, 0.29) is 5.54 Å². The number of nitrogens with one attached hydrogen (secondary N) is 1. The summed E-state index contributed by atoms with van der Waals surface area (Å²) < 4.78 is 0. The maximum atomic E-state index is 3.67. The quantitative estimate of drug-likeness (QED) is 0.812. The molecule has 1 aromatic rings. The average molecular weight is 255 g/mol. The Morgan fingerprint density at radius 3 is 2.42 bits per heavy atom. The molecule has 1 nitrogen and oxygen atoms in total. The van der Waals surface area contributed by atoms with Crippen molar-refractivity contribution >= 4 is 5.57 Å². The van der Waals surface area contributed by atoms with Crippen LogP contribution in [-0.4, -0.2) is 5.54 Å². The van der Waals surface area contributed by atoms with Gasteiger partial charge in [-0.25, -0.2) is 0 Å². The standard InChI is InChI=1S/C18H25N/c1-13-10-11-15(12-13)17-9-7-6-8-16(17)14(2)19-18(3,4)5/h6-10,12,14,19H,11H2,1-5H3. The van der Waals surface area contributed by atoms with Crippen molar-refractivity contribution in [2.24, 2.45) is 0 Å². The van der Waals surface area contributed by atoms with Gasteiger partial charge in [-0.2, -0.15) is 0 Å². The molecule has 1 aliphatic rings. The molecule has 0 radical (unpaired) electrons. The van der Waals surface area contributed by atoms with E-state index >= 15 is 0 Å². The maximum absolute atomic E-state index is 3.67. The third-order valence-corrected chi connectivity index (χ3v) is 3.47. The minimum absolute atomic E-state index is 0.130. The fraction of sp³-hybridized carbons (Fsp3) is 0.444. The van der Waals surface area contributed by atoms with E-state index in [4.69, 9.17) is 0 Å². The third kappa shape index (κ3) is 3.57. The van der Waals surface area contributed by atoms with Gasteiger partial charge in [0.05, 0.1) is 0 Å². The molecule has 0 aromatic heterocycles. The van der Waals surface area contributed by atoms with Gasteiger partial charge in [-0.15, -0.1) is 0 Å². The first-order valence-corrected chi connectivity index (χ1v) is 7.11. The van der Waals surface area contributed by atoms with Crippen LogP contribution < -0.4 is 5.32 Å². The monoisotopic (exact) mass is 255 g/mol. The lowest BCUT2D eigenvalue weighted by Gasteiger charge is -2.28. The summed E-state index contributed by atoms with van der Waals surface area (Å²) in [6.07, 6.45) is 5.67. The van der Waals surface area contributed by atoms with E-state index in [1.54, 1.807) is 0 Å². The number of hydrogen-bond donors (Lipinski definition) is 1. The van der Waals surface area contributed by atoms with Gasteiger partial charge in [0.1, 0.15) is 0 Å². The van der Waals surface area contributed by atoms with Crippen molar-refractivity contribution < 1.29 is 0 Å². The molecule has 0 heterocycles. The first-order valence-electron chi connectivity index (χ1n) is 7.11. The summed E-state index contributed by atoms with van der Waals surface area (Å²) in [5.41, 5.74) is 5.73. The van der Waals surface area contributed by atoms with E-state index in [9.17, 15) is 0 Å². The molecule has 0 amide bonds. The second kappa shape index (κ2) is 5.34. The fourth-order valence-corrected chi connectivity index (χ4v) is 2.75. The van der Waals surface area contributed by atoms with Crippen molar-refractivity contribution in [3.63, 3.8) is 0 Å². The van der Waals surface area contributed by atoms with Crippen molar-refractivity contribution in [2.75, 3.05) is 0 Å². The summed E-state index contributed by atoms with van der Waals surface area (Å²) in [6.45, 7) is 11.1. The lowest BCUT2D eigenvalue weighted by Crippen LogP contribution is -2.37. The highest BCUT2D eigenvalue weighted by Gasteiger charge is 2.19. The zero-order valence-electron chi connectivity index (χ0n) is 12.7. The van der Waals surface area contributed by atoms with Gasteiger partial charge in [0, 0.05) is 11.6 Å². The van der Waals surface area contributed by atoms with Crippen molar-refractivity contribution in [2.45, 2.75) is 52.6 Å². The molecule has 0 spiro atoms. The Kier molecular flexibility index (Phi) is 3.96. The zero-order chi connectivity index (χ0) is 14.0. The Labute approximate surface area is 117 Å². The minimum atomic E-state index is 0.130. The molecule has 19 heavy (non-hydrogen) atoms. The molecule has 1 N–H and O–H groups in total. The lowest BCUT2D eigenvalue weighted by molar-refractivity contribution is 0.378. The number of hydrogen-bond acceptors (Lipinski definition) is 1. The SMILES string of the molecule is CC1=CCC(c2ccccc2C(C)NC(C)(C)C)=C1. The molecule has 0 aliphatic heterocycles. The Morgan fingerprint density at radius 1 is 1.16 bits per heavy atom. The molecule has 1 unspecified atom stereocenters. The summed E-state index contributed by atoms with van der Waals surface area (Å²) in [6, 6.07) is 9.12. The Balaban J connectivity index is 2.29. The van der Waals surface area contributed by atoms with Gasteiger partial charge >= 0.3 is 0 Å². The van der Waals surface area contributed by atoms with Crippen LogP contribution in [0, 0.1) is 0 Å². The Hall–Kier alpha value is -1.34. The van der Waals surface area contributed by atoms with Gasteiger partial charge < -0.3 is 5.32 Å². The van der Waals surface area contributed by atoms with Crippen LogP contribution in [0.4, 0.5) is 0 Å². The minimum Gasteiger partial charge on any atom is -0.306 e. The summed E-state index contributed by atoms with van der Waals surface area (Å²) in [7, 11) is 0. The van der Waals surface area contributed by atoms with Crippen LogP contribution in [0.2, 0.25) is 0 Å². The summed E-state index contributed by atoms with van der Waals surface area (Å²) >= 11 is 0. The number of benzene rings is 1. The first-order chi connectivity index (χ1) is 8.87. The van der Waals surface area contributed by atoms with E-state index in [0.717, 1.165) is 6.42 Å². The molecule has 1 heteroatoms. The van der Waals surface area contributed by atoms with E-state index < -0.39 is 0 Å². The third-order valence-electron chi connectivity index (χ3n) is 3.47. The number of allylic oxidation sites excluding steroid dienone is 4. The van der Waals surface area contributed by atoms with E-state index in [2.05, 4.69) is 76.4 Å². The molecule has 1 aliphatic carbocycles. The summed E-state index contributed by atoms with van der Waals surface area (Å²) in [5.74, 6) is 0. The predicted octanol–water partition coefficient (Wildman–Crippen LogP) is 4.87. The Morgan fingerprint density at radius 2 is 1.84 bits per heavy atom. The molecular weight excluding hydrogens is 230 g/mol. The van der Waals surface area contributed by atoms with E-state index in [0.29, 0.717) is 6.04 Å².